The molecule has 1 aliphatic heterocycles. The molecule has 0 bridgehead atoms. The number of fused-ring (bicyclic) bond motifs is 2. The number of benzene rings is 1. The Hall–Kier alpha value is -3.62. The van der Waals surface area contributed by atoms with Gasteiger partial charge in [-0.3, -0.25) is 18.7 Å². The monoisotopic (exact) mass is 448 g/mol. The van der Waals surface area contributed by atoms with E-state index in [-0.39, 0.29) is 11.8 Å². The molecule has 1 N–H and O–H groups in total. The fourth-order valence-corrected chi connectivity index (χ4v) is 4.99. The lowest BCUT2D eigenvalue weighted by atomic mass is 9.96. The molecular formula is C24H28N6O3. The zero-order valence-corrected chi connectivity index (χ0v) is 19.6. The number of aromatic amines is 1. The molecule has 1 amide bonds. The predicted octanol–water partition coefficient (Wildman–Crippen LogP) is 2.09. The van der Waals surface area contributed by atoms with E-state index in [2.05, 4.69) is 28.4 Å². The van der Waals surface area contributed by atoms with E-state index >= 15 is 0 Å². The Morgan fingerprint density at radius 3 is 2.61 bits per heavy atom. The summed E-state index contributed by atoms with van der Waals surface area (Å²) in [6.07, 6.45) is 1.70. The number of aryl methyl sites for hydroxylation is 3. The SMILES string of the molecule is Cc1c(C)n(C)c2ccc(C(=O)N3CCCC(c4nc5c([nH]4)c(=O)n(C)c(=O)n5C)C3)cc12. The van der Waals surface area contributed by atoms with Crippen LogP contribution in [0.2, 0.25) is 0 Å². The second-order valence-electron chi connectivity index (χ2n) is 9.12. The maximum Gasteiger partial charge on any atom is 0.332 e. The standard InChI is InChI=1S/C24H28N6O3/c1-13-14(2)27(3)18-9-8-15(11-17(13)18)22(31)30-10-6-7-16(12-30)20-25-19-21(26-20)28(4)24(33)29(5)23(19)32/h8-9,11,16H,6-7,10,12H2,1-5H3,(H,25,26). The van der Waals surface area contributed by atoms with Crippen molar-refractivity contribution in [3.8, 4) is 0 Å². The lowest BCUT2D eigenvalue weighted by Gasteiger charge is -2.32. The third-order valence-electron chi connectivity index (χ3n) is 7.26. The minimum absolute atomic E-state index is 0.00179. The molecule has 1 atom stereocenters. The third-order valence-corrected chi connectivity index (χ3v) is 7.26. The number of H-pyrrole nitrogens is 1. The molecule has 0 aliphatic carbocycles. The number of imidazole rings is 1. The Labute approximate surface area is 190 Å². The topological polar surface area (TPSA) is 97.9 Å². The molecular weight excluding hydrogens is 420 g/mol. The second-order valence-corrected chi connectivity index (χ2v) is 9.12. The van der Waals surface area contributed by atoms with Gasteiger partial charge in [0.05, 0.1) is 0 Å². The number of aromatic nitrogens is 5. The van der Waals surface area contributed by atoms with E-state index in [0.29, 0.717) is 35.6 Å². The highest BCUT2D eigenvalue weighted by Crippen LogP contribution is 2.29. The maximum absolute atomic E-state index is 13.4. The number of hydrogen-bond acceptors (Lipinski definition) is 4. The summed E-state index contributed by atoms with van der Waals surface area (Å²) in [7, 11) is 5.10. The van der Waals surface area contributed by atoms with Gasteiger partial charge in [-0.25, -0.2) is 9.78 Å². The maximum atomic E-state index is 13.4. The van der Waals surface area contributed by atoms with Gasteiger partial charge in [0.1, 0.15) is 11.3 Å². The van der Waals surface area contributed by atoms with E-state index in [1.807, 2.05) is 30.1 Å². The molecule has 1 aromatic carbocycles. The van der Waals surface area contributed by atoms with Gasteiger partial charge >= 0.3 is 5.69 Å². The molecule has 1 saturated heterocycles. The predicted molar refractivity (Wildman–Crippen MR) is 127 cm³/mol. The Morgan fingerprint density at radius 1 is 1.09 bits per heavy atom. The summed E-state index contributed by atoms with van der Waals surface area (Å²) >= 11 is 0. The Morgan fingerprint density at radius 2 is 1.85 bits per heavy atom. The van der Waals surface area contributed by atoms with Crippen LogP contribution < -0.4 is 11.2 Å². The minimum Gasteiger partial charge on any atom is -0.348 e. The van der Waals surface area contributed by atoms with Gasteiger partial charge in [-0.2, -0.15) is 0 Å². The summed E-state index contributed by atoms with van der Waals surface area (Å²) in [6, 6.07) is 5.90. The van der Waals surface area contributed by atoms with Crippen molar-refractivity contribution < 1.29 is 4.79 Å². The zero-order chi connectivity index (χ0) is 23.6. The first-order chi connectivity index (χ1) is 15.7. The number of nitrogens with zero attached hydrogens (tertiary/aromatic N) is 5. The first-order valence-corrected chi connectivity index (χ1v) is 11.2. The van der Waals surface area contributed by atoms with Gasteiger partial charge in [-0.1, -0.05) is 0 Å². The van der Waals surface area contributed by atoms with E-state index in [9.17, 15) is 14.4 Å². The summed E-state index contributed by atoms with van der Waals surface area (Å²) in [5.74, 6) is 0.618. The van der Waals surface area contributed by atoms with Crippen LogP contribution in [0.15, 0.2) is 27.8 Å². The molecule has 1 fully saturated rings. The van der Waals surface area contributed by atoms with Gasteiger partial charge in [-0.05, 0) is 50.5 Å². The quantitative estimate of drug-likeness (QED) is 0.508. The van der Waals surface area contributed by atoms with Crippen LogP contribution in [-0.4, -0.2) is 47.6 Å². The van der Waals surface area contributed by atoms with Crippen molar-refractivity contribution in [3.63, 3.8) is 0 Å². The minimum atomic E-state index is -0.409. The van der Waals surface area contributed by atoms with Gasteiger partial charge < -0.3 is 14.5 Å². The van der Waals surface area contributed by atoms with Crippen LogP contribution in [-0.2, 0) is 21.1 Å². The highest BCUT2D eigenvalue weighted by atomic mass is 16.2. The molecule has 0 spiro atoms. The Bertz CT molecular complexity index is 1550. The molecule has 9 heteroatoms. The van der Waals surface area contributed by atoms with Crippen molar-refractivity contribution >= 4 is 28.0 Å². The van der Waals surface area contributed by atoms with Crippen LogP contribution in [0, 0.1) is 13.8 Å². The van der Waals surface area contributed by atoms with Crippen molar-refractivity contribution in [1.29, 1.82) is 0 Å². The summed E-state index contributed by atoms with van der Waals surface area (Å²) in [5, 5.41) is 1.10. The second kappa shape index (κ2) is 7.47. The zero-order valence-electron chi connectivity index (χ0n) is 19.6. The molecule has 1 unspecified atom stereocenters. The number of carbonyl (C=O) groups excluding carboxylic acids is 1. The Kier molecular flexibility index (Phi) is 4.81. The van der Waals surface area contributed by atoms with Gasteiger partial charge in [0.25, 0.3) is 11.5 Å². The van der Waals surface area contributed by atoms with Crippen LogP contribution >= 0.6 is 0 Å². The first kappa shape index (κ1) is 21.2. The van der Waals surface area contributed by atoms with Crippen molar-refractivity contribution in [3.05, 3.63) is 61.7 Å². The molecule has 5 rings (SSSR count). The number of rotatable bonds is 2. The van der Waals surface area contributed by atoms with Crippen LogP contribution in [0.25, 0.3) is 22.1 Å². The average molecular weight is 449 g/mol. The van der Waals surface area contributed by atoms with E-state index in [0.717, 1.165) is 28.3 Å². The fourth-order valence-electron chi connectivity index (χ4n) is 4.99. The van der Waals surface area contributed by atoms with Gasteiger partial charge in [-0.15, -0.1) is 0 Å². The first-order valence-electron chi connectivity index (χ1n) is 11.2. The molecule has 0 radical (unpaired) electrons. The summed E-state index contributed by atoms with van der Waals surface area (Å²) < 4.78 is 4.60. The summed E-state index contributed by atoms with van der Waals surface area (Å²) in [6.45, 7) is 5.36. The molecule has 3 aromatic heterocycles. The molecule has 4 heterocycles. The highest BCUT2D eigenvalue weighted by molar-refractivity contribution is 5.99. The van der Waals surface area contributed by atoms with E-state index in [4.69, 9.17) is 0 Å². The van der Waals surface area contributed by atoms with Crippen LogP contribution in [0.4, 0.5) is 0 Å². The normalized spacial score (nSPS) is 16.8. The molecule has 172 valence electrons. The molecule has 4 aromatic rings. The smallest absolute Gasteiger partial charge is 0.332 e. The van der Waals surface area contributed by atoms with Crippen LogP contribution in [0.3, 0.4) is 0 Å². The number of amides is 1. The van der Waals surface area contributed by atoms with Gasteiger partial charge in [0, 0.05) is 62.3 Å². The summed E-state index contributed by atoms with van der Waals surface area (Å²) in [5.41, 5.74) is 4.04. The van der Waals surface area contributed by atoms with Crippen molar-refractivity contribution in [2.75, 3.05) is 13.1 Å². The Balaban J connectivity index is 1.46. The lowest BCUT2D eigenvalue weighted by molar-refractivity contribution is 0.0705. The van der Waals surface area contributed by atoms with E-state index in [1.54, 1.807) is 7.05 Å². The van der Waals surface area contributed by atoms with Gasteiger partial charge in [0.2, 0.25) is 0 Å². The number of piperidine rings is 1. The molecule has 1 aliphatic rings. The van der Waals surface area contributed by atoms with Crippen LogP contribution in [0.1, 0.15) is 46.2 Å². The lowest BCUT2D eigenvalue weighted by Crippen LogP contribution is -2.39. The number of likely N-dealkylation sites (tertiary alicyclic amines) is 1. The highest BCUT2D eigenvalue weighted by Gasteiger charge is 2.28. The largest absolute Gasteiger partial charge is 0.348 e. The van der Waals surface area contributed by atoms with Crippen molar-refractivity contribution in [2.24, 2.45) is 21.1 Å². The third kappa shape index (κ3) is 3.13. The van der Waals surface area contributed by atoms with E-state index in [1.165, 1.54) is 22.9 Å². The fraction of sp³-hybridized carbons (Fsp3) is 0.417. The van der Waals surface area contributed by atoms with Crippen molar-refractivity contribution in [1.82, 2.24) is 28.6 Å². The summed E-state index contributed by atoms with van der Waals surface area (Å²) in [4.78, 5) is 47.7. The molecule has 0 saturated carbocycles. The number of hydrogen-bond donors (Lipinski definition) is 1. The van der Waals surface area contributed by atoms with E-state index < -0.39 is 11.2 Å². The molecule has 9 nitrogen and oxygen atoms in total. The number of carbonyl (C=O) groups is 1. The average Bonchev–Trinajstić information content (AvgIpc) is 3.37. The molecule has 33 heavy (non-hydrogen) atoms. The van der Waals surface area contributed by atoms with Gasteiger partial charge in [0.15, 0.2) is 5.65 Å². The number of nitrogens with one attached hydrogen (secondary N) is 1. The van der Waals surface area contributed by atoms with Crippen LogP contribution in [0.5, 0.6) is 0 Å². The van der Waals surface area contributed by atoms with Crippen molar-refractivity contribution in [2.45, 2.75) is 32.6 Å².